The number of carbonyl (C=O) groups is 17. The van der Waals surface area contributed by atoms with Crippen molar-refractivity contribution >= 4 is 101 Å². The summed E-state index contributed by atoms with van der Waals surface area (Å²) in [4.78, 5) is 254. The Hall–Kier alpha value is -9.67. The van der Waals surface area contributed by atoms with Crippen LogP contribution in [0.1, 0.15) is 229 Å². The lowest BCUT2D eigenvalue weighted by Gasteiger charge is -2.59. The largest absolute Gasteiger partial charge is 0.511 e. The number of carbonyl (C=O) groups excluding carboxylic acids is 17. The summed E-state index contributed by atoms with van der Waals surface area (Å²) in [5.41, 5.74) is -2.70. The number of ether oxygens (including phenoxy) is 4. The van der Waals surface area contributed by atoms with E-state index in [4.69, 9.17) is 18.9 Å². The first-order chi connectivity index (χ1) is 59.9. The molecule has 0 aromatic rings. The first-order valence-corrected chi connectivity index (χ1v) is 45.9. The van der Waals surface area contributed by atoms with Crippen LogP contribution in [0.15, 0.2) is 36.0 Å². The molecule has 1 heterocycles. The minimum Gasteiger partial charge on any atom is -0.456 e. The van der Waals surface area contributed by atoms with Gasteiger partial charge in [-0.2, -0.15) is 0 Å². The maximum Gasteiger partial charge on any atom is 0.511 e. The highest BCUT2D eigenvalue weighted by atomic mass is 16.8. The Bertz CT molecular complexity index is 4140. The van der Waals surface area contributed by atoms with Crippen molar-refractivity contribution < 1.29 is 111 Å². The van der Waals surface area contributed by atoms with Crippen LogP contribution in [0, 0.1) is 75.9 Å². The average molecular weight is 1820 g/mol. The number of ketones is 2. The summed E-state index contributed by atoms with van der Waals surface area (Å²) in [6, 6.07) is -15.2. The SMILES string of the molecule is CC=CC[C@@H](C)C(OC(=O)OCOC(=O)CCC(=O)NC(C(=O)OCC(=O)[C@@]1(O)CCC2C3CCC4=CC(=O)C=C[C@]4(C)C3[C@@H](O)C[C@@]21C)C(C)C)[C@@H]1C(=O)N[C@H](CC)C(=O)N(C)CC(=O)N(C)[C@@H](CC(C)C)C(=O)NC(C(C)C)C(=O)N(C)[C@H](CC(C)C)C(=O)NC(C)C(=O)NC(C)C(=O)N(C)C(CC(C)C)C(=O)N(C)[C@H](CC(C)C)C(=O)N(C)C(C(C)C)C(=O)N1C. The molecule has 5 aliphatic rings. The molecule has 0 spiro atoms. The highest BCUT2D eigenvalue weighted by molar-refractivity contribution is 6.02. The quantitative estimate of drug-likeness (QED) is 0.0215. The molecule has 129 heavy (non-hydrogen) atoms. The van der Waals surface area contributed by atoms with E-state index in [2.05, 4.69) is 26.6 Å². The summed E-state index contributed by atoms with van der Waals surface area (Å²) < 4.78 is 22.2. The second kappa shape index (κ2) is 47.4. The zero-order valence-electron chi connectivity index (χ0n) is 81.7. The molecule has 20 atom stereocenters. The van der Waals surface area contributed by atoms with Crippen molar-refractivity contribution in [3.8, 4) is 0 Å². The Morgan fingerprint density at radius 1 is 0.589 bits per heavy atom. The van der Waals surface area contributed by atoms with E-state index in [1.165, 1.54) is 84.0 Å². The third kappa shape index (κ3) is 27.0. The minimum atomic E-state index is -1.97. The van der Waals surface area contributed by atoms with Gasteiger partial charge in [-0.25, -0.2) is 9.59 Å². The van der Waals surface area contributed by atoms with Gasteiger partial charge in [0.05, 0.1) is 19.1 Å². The molecule has 3 saturated carbocycles. The van der Waals surface area contributed by atoms with Gasteiger partial charge in [0, 0.05) is 72.5 Å². The molecular weight excluding hydrogens is 1670 g/mol. The summed E-state index contributed by atoms with van der Waals surface area (Å²) in [5.74, 6) is -16.8. The Balaban J connectivity index is 1.49. The van der Waals surface area contributed by atoms with Gasteiger partial charge in [0.1, 0.15) is 78.2 Å². The van der Waals surface area contributed by atoms with Crippen LogP contribution in [-0.4, -0.2) is 299 Å². The third-order valence-electron chi connectivity index (χ3n) is 26.9. The topological polar surface area (TPSA) is 450 Å². The van der Waals surface area contributed by atoms with Crippen molar-refractivity contribution in [3.05, 3.63) is 36.0 Å². The number of rotatable bonds is 27. The molecule has 0 aromatic carbocycles. The maximum absolute atomic E-state index is 15.9. The van der Waals surface area contributed by atoms with E-state index in [9.17, 15) is 72.5 Å². The van der Waals surface area contributed by atoms with E-state index in [1.54, 1.807) is 87.5 Å². The summed E-state index contributed by atoms with van der Waals surface area (Å²) in [7, 11) is 9.42. The molecule has 7 N–H and O–H groups in total. The van der Waals surface area contributed by atoms with Crippen molar-refractivity contribution in [2.45, 2.75) is 313 Å². The Labute approximate surface area is 762 Å². The molecule has 35 heteroatoms. The Morgan fingerprint density at radius 2 is 1.12 bits per heavy atom. The number of nitrogens with zero attached hydrogens (tertiary/aromatic N) is 7. The first kappa shape index (κ1) is 110. The molecule has 726 valence electrons. The third-order valence-corrected chi connectivity index (χ3v) is 26.9. The molecule has 35 nitrogen and oxygen atoms in total. The van der Waals surface area contributed by atoms with Crippen LogP contribution in [0.4, 0.5) is 4.79 Å². The lowest BCUT2D eigenvalue weighted by molar-refractivity contribution is -0.181. The van der Waals surface area contributed by atoms with Crippen LogP contribution >= 0.6 is 0 Å². The van der Waals surface area contributed by atoms with Crippen molar-refractivity contribution in [3.63, 3.8) is 0 Å². The first-order valence-electron chi connectivity index (χ1n) is 45.9. The molecule has 1 saturated heterocycles. The van der Waals surface area contributed by atoms with Crippen molar-refractivity contribution in [2.24, 2.45) is 75.9 Å². The maximum atomic E-state index is 15.9. The zero-order valence-corrected chi connectivity index (χ0v) is 81.7. The second-order valence-corrected chi connectivity index (χ2v) is 39.6. The van der Waals surface area contributed by atoms with E-state index in [-0.39, 0.29) is 98.6 Å². The molecule has 0 aromatic heterocycles. The average Bonchev–Trinajstić information content (AvgIpc) is 1.58. The number of hydrogen-bond acceptors (Lipinski definition) is 23. The highest BCUT2D eigenvalue weighted by Crippen LogP contribution is 2.67. The number of allylic oxidation sites excluding steroid dienone is 6. The number of likely N-dealkylation sites (N-methyl/N-ethyl adjacent to an activating group) is 7. The lowest BCUT2D eigenvalue weighted by atomic mass is 9.46. The normalized spacial score (nSPS) is 29.6. The summed E-state index contributed by atoms with van der Waals surface area (Å²) >= 11 is 0. The summed E-state index contributed by atoms with van der Waals surface area (Å²) in [6.07, 6.45) is 4.97. The molecule has 1 aliphatic heterocycles. The van der Waals surface area contributed by atoms with Gasteiger partial charge in [0.25, 0.3) is 0 Å². The number of fused-ring (bicyclic) bond motifs is 5. The van der Waals surface area contributed by atoms with Crippen LogP contribution in [0.3, 0.4) is 0 Å². The fraction of sp³-hybridized carbons (Fsp3) is 0.755. The number of amides is 12. The highest BCUT2D eigenvalue weighted by Gasteiger charge is 2.68. The van der Waals surface area contributed by atoms with Crippen molar-refractivity contribution in [1.82, 2.24) is 60.9 Å². The van der Waals surface area contributed by atoms with Crippen LogP contribution in [0.2, 0.25) is 0 Å². The van der Waals surface area contributed by atoms with Gasteiger partial charge >= 0.3 is 18.1 Å². The number of nitrogens with one attached hydrogen (secondary N) is 5. The van der Waals surface area contributed by atoms with Crippen LogP contribution < -0.4 is 26.6 Å². The van der Waals surface area contributed by atoms with E-state index >= 15 is 19.2 Å². The predicted molar refractivity (Wildman–Crippen MR) is 480 cm³/mol. The molecule has 10 unspecified atom stereocenters. The van der Waals surface area contributed by atoms with E-state index < -0.39 is 246 Å². The number of aliphatic hydroxyl groups is 2. The van der Waals surface area contributed by atoms with Gasteiger partial charge in [-0.1, -0.05) is 148 Å². The predicted octanol–water partition coefficient (Wildman–Crippen LogP) is 5.97. The van der Waals surface area contributed by atoms with Gasteiger partial charge in [-0.15, -0.1) is 0 Å². The smallest absolute Gasteiger partial charge is 0.456 e. The van der Waals surface area contributed by atoms with Crippen LogP contribution in [0.5, 0.6) is 0 Å². The van der Waals surface area contributed by atoms with Crippen LogP contribution in [0.25, 0.3) is 0 Å². The van der Waals surface area contributed by atoms with E-state index in [1.807, 2.05) is 68.4 Å². The van der Waals surface area contributed by atoms with Crippen LogP contribution in [-0.2, 0) is 95.7 Å². The number of aliphatic hydroxyl groups excluding tert-OH is 1. The molecule has 5 rings (SSSR count). The Morgan fingerprint density at radius 3 is 1.66 bits per heavy atom. The number of Topliss-reactive ketones (excluding diaryl/α,β-unsaturated/α-hetero) is 1. The minimum absolute atomic E-state index is 0.0205. The van der Waals surface area contributed by atoms with Crippen molar-refractivity contribution in [1.29, 1.82) is 0 Å². The molecule has 4 aliphatic carbocycles. The van der Waals surface area contributed by atoms with Gasteiger partial charge < -0.3 is 90.0 Å². The summed E-state index contributed by atoms with van der Waals surface area (Å²) in [5, 5.41) is 37.7. The standard InChI is InChI=1S/C94H152N12O23/c1-29-31-32-57(17)79(129-91(124)128-49-127-73(112)36-35-71(110)98-76(55(13)14)90(123)126-48-70(109)94(125)40-38-63-62-34-33-60-45-61(107)37-39-92(60,20)74(62)69(108)46-93(63,94)21)78-83(116)97-64(30-2)85(118)100(22)47-72(111)101(23)65(41-50(3)4)82(115)99-75(54(11)12)88(121)102(24)66(42-51(5)6)81(114)95-58(18)80(113)96-59(19)84(117)103(25)67(43-52(7)8)86(119)104(26)68(44-53(9)10)87(120)105(27)77(56(15)16)89(122)106(78)28/h29,31,37,39,45,50-59,62-69,74-79,108,125H,30,32-36,38,40-44,46-49H2,1-28H3,(H,95,114)(H,96,113)(H,97,116)(H,98,110)(H,99,115)/t57-,58?,59?,62?,63?,64-,65+,66-,67?,68-,69+,74?,75?,76?,77?,78-,79?,92+,93+,94+/m1/s1. The van der Waals surface area contributed by atoms with E-state index in [0.717, 1.165) is 25.2 Å². The summed E-state index contributed by atoms with van der Waals surface area (Å²) in [6.45, 7) is 33.2. The van der Waals surface area contributed by atoms with Crippen molar-refractivity contribution in [2.75, 3.05) is 69.3 Å². The zero-order chi connectivity index (χ0) is 98.0. The van der Waals surface area contributed by atoms with Gasteiger partial charge in [0.2, 0.25) is 83.5 Å². The van der Waals surface area contributed by atoms with E-state index in [0.29, 0.717) is 19.3 Å². The van der Waals surface area contributed by atoms with Gasteiger partial charge in [-0.3, -0.25) is 71.9 Å². The fourth-order valence-electron chi connectivity index (χ4n) is 19.3. The molecule has 12 amide bonds. The fourth-order valence-corrected chi connectivity index (χ4v) is 19.3. The molecule has 0 radical (unpaired) electrons. The second-order valence-electron chi connectivity index (χ2n) is 39.6. The Kier molecular flexibility index (Phi) is 40.4. The lowest BCUT2D eigenvalue weighted by Crippen LogP contribution is -2.64. The van der Waals surface area contributed by atoms with Gasteiger partial charge in [-0.05, 0) is 163 Å². The monoisotopic (exact) mass is 1820 g/mol. The molecule has 4 fully saturated rings. The number of hydrogen-bond donors (Lipinski definition) is 7. The molecular formula is C94H152N12O23. The molecule has 0 bridgehead atoms. The number of esters is 2. The van der Waals surface area contributed by atoms with Gasteiger partial charge in [0.15, 0.2) is 12.4 Å².